The standard InChI is InChI=1S/C35H43NO5/c1-3-34(26-37,33(39)41-4-2)28-19-17-27(18-20-28)32(38)16-11-23-36-24-21-31(22-25-36)35(40,29-12-7-5-8-13-29)30-14-9-6-10-15-30/h5-10,12-15,17-20,31,37,40H,3-4,11,16,21-26H2,1-2H3. The molecular formula is C35H43NO5. The molecule has 0 bridgehead atoms. The molecule has 0 radical (unpaired) electrons. The Balaban J connectivity index is 1.32. The molecule has 6 heteroatoms. The average molecular weight is 558 g/mol. The van der Waals surface area contributed by atoms with Crippen molar-refractivity contribution in [2.24, 2.45) is 5.92 Å². The van der Waals surface area contributed by atoms with Crippen molar-refractivity contribution < 1.29 is 24.5 Å². The molecular weight excluding hydrogens is 514 g/mol. The van der Waals surface area contributed by atoms with Crippen molar-refractivity contribution in [1.82, 2.24) is 4.90 Å². The van der Waals surface area contributed by atoms with Crippen LogP contribution in [0.15, 0.2) is 84.9 Å². The van der Waals surface area contributed by atoms with Crippen molar-refractivity contribution in [1.29, 1.82) is 0 Å². The van der Waals surface area contributed by atoms with Crippen molar-refractivity contribution in [2.45, 2.75) is 57.0 Å². The molecule has 1 heterocycles. The highest BCUT2D eigenvalue weighted by Crippen LogP contribution is 2.42. The van der Waals surface area contributed by atoms with E-state index in [4.69, 9.17) is 4.74 Å². The molecule has 0 spiro atoms. The molecule has 6 nitrogen and oxygen atoms in total. The third kappa shape index (κ3) is 6.61. The molecule has 3 aromatic carbocycles. The Morgan fingerprint density at radius 2 is 1.41 bits per heavy atom. The van der Waals surface area contributed by atoms with Crippen LogP contribution in [0, 0.1) is 5.92 Å². The van der Waals surface area contributed by atoms with Gasteiger partial charge in [-0.25, -0.2) is 0 Å². The summed E-state index contributed by atoms with van der Waals surface area (Å²) in [5, 5.41) is 22.1. The summed E-state index contributed by atoms with van der Waals surface area (Å²) in [4.78, 5) is 27.9. The maximum absolute atomic E-state index is 12.9. The second-order valence-corrected chi connectivity index (χ2v) is 11.0. The normalized spacial score (nSPS) is 16.2. The smallest absolute Gasteiger partial charge is 0.318 e. The Morgan fingerprint density at radius 1 is 0.854 bits per heavy atom. The molecule has 1 fully saturated rings. The van der Waals surface area contributed by atoms with Gasteiger partial charge in [-0.3, -0.25) is 9.59 Å². The first-order valence-corrected chi connectivity index (χ1v) is 14.9. The fraction of sp³-hybridized carbons (Fsp3) is 0.429. The average Bonchev–Trinajstić information content (AvgIpc) is 3.03. The highest BCUT2D eigenvalue weighted by molar-refractivity contribution is 5.96. The molecule has 2 N–H and O–H groups in total. The van der Waals surface area contributed by atoms with Gasteiger partial charge in [0.1, 0.15) is 11.0 Å². The van der Waals surface area contributed by atoms with E-state index in [1.807, 2.05) is 67.6 Å². The van der Waals surface area contributed by atoms with Gasteiger partial charge in [-0.2, -0.15) is 0 Å². The number of hydrogen-bond donors (Lipinski definition) is 2. The highest BCUT2D eigenvalue weighted by atomic mass is 16.5. The van der Waals surface area contributed by atoms with Gasteiger partial charge in [0.25, 0.3) is 0 Å². The summed E-state index contributed by atoms with van der Waals surface area (Å²) < 4.78 is 5.22. The predicted molar refractivity (Wildman–Crippen MR) is 161 cm³/mol. The van der Waals surface area contributed by atoms with Crippen molar-refractivity contribution in [3.63, 3.8) is 0 Å². The topological polar surface area (TPSA) is 87.1 Å². The largest absolute Gasteiger partial charge is 0.465 e. The Bertz CT molecular complexity index is 1210. The number of rotatable bonds is 13. The van der Waals surface area contributed by atoms with Crippen LogP contribution in [0.5, 0.6) is 0 Å². The first-order valence-electron chi connectivity index (χ1n) is 14.9. The van der Waals surface area contributed by atoms with Gasteiger partial charge in [0.15, 0.2) is 5.78 Å². The molecule has 1 atom stereocenters. The number of nitrogens with zero attached hydrogens (tertiary/aromatic N) is 1. The second-order valence-electron chi connectivity index (χ2n) is 11.0. The fourth-order valence-corrected chi connectivity index (χ4v) is 6.18. The zero-order valence-electron chi connectivity index (χ0n) is 24.3. The van der Waals surface area contributed by atoms with Crippen molar-refractivity contribution in [3.05, 3.63) is 107 Å². The Morgan fingerprint density at radius 3 is 1.90 bits per heavy atom. The third-order valence-electron chi connectivity index (χ3n) is 8.78. The second kappa shape index (κ2) is 14.0. The molecule has 0 amide bonds. The number of carbonyl (C=O) groups is 2. The van der Waals surface area contributed by atoms with E-state index in [0.29, 0.717) is 24.0 Å². The Kier molecular flexibility index (Phi) is 10.5. The van der Waals surface area contributed by atoms with E-state index in [-0.39, 0.29) is 24.9 Å². The van der Waals surface area contributed by atoms with E-state index in [0.717, 1.165) is 50.0 Å². The quantitative estimate of drug-likeness (QED) is 0.213. The number of ketones is 1. The summed E-state index contributed by atoms with van der Waals surface area (Å²) in [6.07, 6.45) is 3.35. The van der Waals surface area contributed by atoms with E-state index in [9.17, 15) is 19.8 Å². The molecule has 0 aromatic heterocycles. The molecule has 1 aliphatic heterocycles. The van der Waals surface area contributed by atoms with Crippen molar-refractivity contribution in [2.75, 3.05) is 32.8 Å². The number of piperidine rings is 1. The number of likely N-dealkylation sites (tertiary alicyclic amines) is 1. The highest BCUT2D eigenvalue weighted by Gasteiger charge is 2.42. The van der Waals surface area contributed by atoms with Crippen LogP contribution < -0.4 is 0 Å². The number of carbonyl (C=O) groups excluding carboxylic acids is 2. The van der Waals surface area contributed by atoms with Gasteiger partial charge in [0, 0.05) is 12.0 Å². The molecule has 4 rings (SSSR count). The lowest BCUT2D eigenvalue weighted by molar-refractivity contribution is -0.152. The van der Waals surface area contributed by atoms with Crippen molar-refractivity contribution >= 4 is 11.8 Å². The minimum Gasteiger partial charge on any atom is -0.465 e. The maximum atomic E-state index is 12.9. The summed E-state index contributed by atoms with van der Waals surface area (Å²) in [6, 6.07) is 27.0. The number of ether oxygens (including phenoxy) is 1. The molecule has 0 saturated carbocycles. The Labute approximate surface area is 244 Å². The van der Waals surface area contributed by atoms with Gasteiger partial charge < -0.3 is 19.8 Å². The van der Waals surface area contributed by atoms with Gasteiger partial charge in [0.05, 0.1) is 13.2 Å². The first-order chi connectivity index (χ1) is 19.9. The summed E-state index contributed by atoms with van der Waals surface area (Å²) in [7, 11) is 0. The molecule has 0 aliphatic carbocycles. The van der Waals surface area contributed by atoms with E-state index >= 15 is 0 Å². The molecule has 1 aliphatic rings. The maximum Gasteiger partial charge on any atom is 0.318 e. The number of Topliss-reactive ketones (excluding diaryl/α,β-unsaturated/α-hetero) is 1. The first kappa shape index (κ1) is 30.6. The zero-order chi connectivity index (χ0) is 29.3. The van der Waals surface area contributed by atoms with E-state index < -0.39 is 17.0 Å². The lowest BCUT2D eigenvalue weighted by Crippen LogP contribution is -2.44. The number of hydrogen-bond acceptors (Lipinski definition) is 6. The number of aliphatic hydroxyl groups is 2. The van der Waals surface area contributed by atoms with Crippen LogP contribution in [0.2, 0.25) is 0 Å². The van der Waals surface area contributed by atoms with Gasteiger partial charge >= 0.3 is 5.97 Å². The SMILES string of the molecule is CCOC(=O)C(CC)(CO)c1ccc(C(=O)CCCN2CCC(C(O)(c3ccccc3)c3ccccc3)CC2)cc1. The number of benzene rings is 3. The van der Waals surface area contributed by atoms with Crippen LogP contribution >= 0.6 is 0 Å². The van der Waals surface area contributed by atoms with Gasteiger partial charge in [-0.1, -0.05) is 91.9 Å². The van der Waals surface area contributed by atoms with Gasteiger partial charge in [-0.05, 0) is 74.8 Å². The summed E-state index contributed by atoms with van der Waals surface area (Å²) in [5.41, 5.74) is 0.977. The van der Waals surface area contributed by atoms with Crippen LogP contribution in [0.3, 0.4) is 0 Å². The molecule has 218 valence electrons. The van der Waals surface area contributed by atoms with Crippen LogP contribution in [0.1, 0.15) is 73.0 Å². The molecule has 1 unspecified atom stereocenters. The van der Waals surface area contributed by atoms with E-state index in [1.165, 1.54) is 0 Å². The number of esters is 1. The van der Waals surface area contributed by atoms with Crippen molar-refractivity contribution in [3.8, 4) is 0 Å². The minimum atomic E-state index is -1.11. The lowest BCUT2D eigenvalue weighted by Gasteiger charge is -2.42. The zero-order valence-corrected chi connectivity index (χ0v) is 24.3. The molecule has 1 saturated heterocycles. The molecule has 41 heavy (non-hydrogen) atoms. The van der Waals surface area contributed by atoms with E-state index in [1.54, 1.807) is 31.2 Å². The number of aliphatic hydroxyl groups excluding tert-OH is 1. The predicted octanol–water partition coefficient (Wildman–Crippen LogP) is 5.50. The summed E-state index contributed by atoms with van der Waals surface area (Å²) >= 11 is 0. The van der Waals surface area contributed by atoms with Gasteiger partial charge in [0.2, 0.25) is 0 Å². The van der Waals surface area contributed by atoms with Crippen LogP contribution in [0.4, 0.5) is 0 Å². The van der Waals surface area contributed by atoms with Crippen LogP contribution in [0.25, 0.3) is 0 Å². The van der Waals surface area contributed by atoms with Crippen LogP contribution in [-0.4, -0.2) is 59.7 Å². The minimum absolute atomic E-state index is 0.0659. The lowest BCUT2D eigenvalue weighted by atomic mass is 9.72. The monoisotopic (exact) mass is 557 g/mol. The Hall–Kier alpha value is -3.32. The van der Waals surface area contributed by atoms with E-state index in [2.05, 4.69) is 4.90 Å². The van der Waals surface area contributed by atoms with Crippen LogP contribution in [-0.2, 0) is 20.5 Å². The third-order valence-corrected chi connectivity index (χ3v) is 8.78. The fourth-order valence-electron chi connectivity index (χ4n) is 6.18. The summed E-state index contributed by atoms with van der Waals surface area (Å²) in [6.45, 7) is 6.08. The summed E-state index contributed by atoms with van der Waals surface area (Å²) in [5.74, 6) is -0.275. The van der Waals surface area contributed by atoms with Gasteiger partial charge in [-0.15, -0.1) is 0 Å². The molecule has 3 aromatic rings.